The first kappa shape index (κ1) is 21.3. The van der Waals surface area contributed by atoms with Gasteiger partial charge in [0.25, 0.3) is 5.91 Å². The van der Waals surface area contributed by atoms with Crippen LogP contribution in [0.1, 0.15) is 12.8 Å². The molecule has 2 aromatic carbocycles. The average Bonchev–Trinajstić information content (AvgIpc) is 2.71. The van der Waals surface area contributed by atoms with Crippen LogP contribution in [0.15, 0.2) is 47.6 Å². The molecule has 10 heteroatoms. The first-order valence-corrected chi connectivity index (χ1v) is 9.31. The zero-order chi connectivity index (χ0) is 21.7. The molecule has 3 amide bonds. The summed E-state index contributed by atoms with van der Waals surface area (Å²) in [7, 11) is 1.48. The molecule has 0 aliphatic carbocycles. The van der Waals surface area contributed by atoms with Gasteiger partial charge in [-0.05, 0) is 42.5 Å². The summed E-state index contributed by atoms with van der Waals surface area (Å²) in [6.45, 7) is -0.365. The van der Waals surface area contributed by atoms with Gasteiger partial charge in [0.15, 0.2) is 0 Å². The molecule has 0 radical (unpaired) electrons. The van der Waals surface area contributed by atoms with Crippen molar-refractivity contribution in [3.05, 3.63) is 53.3 Å². The minimum absolute atomic E-state index is 0.0390. The van der Waals surface area contributed by atoms with E-state index >= 15 is 0 Å². The third kappa shape index (κ3) is 5.32. The van der Waals surface area contributed by atoms with E-state index in [1.54, 1.807) is 12.1 Å². The van der Waals surface area contributed by atoms with E-state index < -0.39 is 17.6 Å². The van der Waals surface area contributed by atoms with Gasteiger partial charge in [-0.1, -0.05) is 11.6 Å². The minimum atomic E-state index is -0.526. The van der Waals surface area contributed by atoms with Gasteiger partial charge >= 0.3 is 0 Å². The summed E-state index contributed by atoms with van der Waals surface area (Å²) in [4.78, 5) is 36.8. The first-order valence-electron chi connectivity index (χ1n) is 8.94. The lowest BCUT2D eigenvalue weighted by atomic mass is 10.1. The van der Waals surface area contributed by atoms with E-state index in [0.717, 1.165) is 5.01 Å². The van der Waals surface area contributed by atoms with Gasteiger partial charge in [-0.2, -0.15) is 5.10 Å². The molecule has 0 spiro atoms. The zero-order valence-corrected chi connectivity index (χ0v) is 16.7. The molecule has 30 heavy (non-hydrogen) atoms. The quantitative estimate of drug-likeness (QED) is 0.732. The second-order valence-electron chi connectivity index (χ2n) is 6.36. The van der Waals surface area contributed by atoms with Crippen molar-refractivity contribution >= 4 is 46.4 Å². The number of anilines is 2. The number of ether oxygens (including phenoxy) is 1. The van der Waals surface area contributed by atoms with E-state index in [1.165, 1.54) is 37.4 Å². The summed E-state index contributed by atoms with van der Waals surface area (Å²) in [5.41, 5.74) is 0.911. The Morgan fingerprint density at radius 3 is 2.50 bits per heavy atom. The number of carbonyl (C=O) groups excluding carboxylic acids is 3. The van der Waals surface area contributed by atoms with Crippen LogP contribution < -0.4 is 15.4 Å². The second kappa shape index (κ2) is 9.36. The smallest absolute Gasteiger partial charge is 0.271 e. The van der Waals surface area contributed by atoms with E-state index in [1.807, 2.05) is 0 Å². The molecule has 156 valence electrons. The van der Waals surface area contributed by atoms with Crippen molar-refractivity contribution in [1.82, 2.24) is 5.01 Å². The van der Waals surface area contributed by atoms with Crippen LogP contribution in [0.2, 0.25) is 5.02 Å². The summed E-state index contributed by atoms with van der Waals surface area (Å²) in [6, 6.07) is 9.96. The number of nitrogens with zero attached hydrogens (tertiary/aromatic N) is 2. The topological polar surface area (TPSA) is 100 Å². The van der Waals surface area contributed by atoms with Gasteiger partial charge in [0.2, 0.25) is 11.8 Å². The number of nitrogens with one attached hydrogen (secondary N) is 2. The molecule has 0 unspecified atom stereocenters. The van der Waals surface area contributed by atoms with Gasteiger partial charge < -0.3 is 15.4 Å². The summed E-state index contributed by atoms with van der Waals surface area (Å²) in [5.74, 6) is -1.38. The Bertz CT molecular complexity index is 1010. The molecular weight excluding hydrogens is 415 g/mol. The van der Waals surface area contributed by atoms with Crippen molar-refractivity contribution in [1.29, 1.82) is 0 Å². The number of rotatable bonds is 6. The van der Waals surface area contributed by atoms with E-state index in [9.17, 15) is 18.8 Å². The molecule has 0 aromatic heterocycles. The summed E-state index contributed by atoms with van der Waals surface area (Å²) < 4.78 is 18.0. The summed E-state index contributed by atoms with van der Waals surface area (Å²) >= 11 is 6.03. The van der Waals surface area contributed by atoms with Gasteiger partial charge in [0.1, 0.15) is 23.8 Å². The number of carbonyl (C=O) groups is 3. The lowest BCUT2D eigenvalue weighted by Crippen LogP contribution is -2.40. The third-order valence-corrected chi connectivity index (χ3v) is 4.49. The largest absolute Gasteiger partial charge is 0.495 e. The maximum atomic E-state index is 13.0. The van der Waals surface area contributed by atoms with Crippen molar-refractivity contribution in [3.63, 3.8) is 0 Å². The molecule has 1 heterocycles. The highest BCUT2D eigenvalue weighted by Gasteiger charge is 2.26. The third-order valence-electron chi connectivity index (χ3n) is 4.20. The molecule has 3 rings (SSSR count). The molecule has 0 saturated carbocycles. The van der Waals surface area contributed by atoms with Crippen molar-refractivity contribution in [2.45, 2.75) is 12.8 Å². The standard InChI is InChI=1S/C20H18ClFN4O4/c1-30-17-8-6-14(10-15(17)21)23-18(27)11-26-19(28)9-7-16(25-26)20(29)24-13-4-2-12(22)3-5-13/h2-6,8,10H,7,9,11H2,1H3,(H,23,27)(H,24,29). The Morgan fingerprint density at radius 2 is 1.83 bits per heavy atom. The highest BCUT2D eigenvalue weighted by molar-refractivity contribution is 6.43. The van der Waals surface area contributed by atoms with E-state index in [-0.39, 0.29) is 31.0 Å². The van der Waals surface area contributed by atoms with Gasteiger partial charge in [-0.15, -0.1) is 0 Å². The van der Waals surface area contributed by atoms with E-state index in [4.69, 9.17) is 16.3 Å². The molecule has 0 saturated heterocycles. The van der Waals surface area contributed by atoms with Crippen molar-refractivity contribution in [3.8, 4) is 5.75 Å². The molecule has 2 N–H and O–H groups in total. The van der Waals surface area contributed by atoms with Crippen LogP contribution in [-0.2, 0) is 14.4 Å². The number of hydrazone groups is 1. The van der Waals surface area contributed by atoms with Crippen molar-refractivity contribution in [2.75, 3.05) is 24.3 Å². The Balaban J connectivity index is 1.64. The van der Waals surface area contributed by atoms with Crippen LogP contribution in [0, 0.1) is 5.82 Å². The Morgan fingerprint density at radius 1 is 1.13 bits per heavy atom. The SMILES string of the molecule is COc1ccc(NC(=O)CN2N=C(C(=O)Nc3ccc(F)cc3)CCC2=O)cc1Cl. The van der Waals surface area contributed by atoms with Crippen LogP contribution in [0.3, 0.4) is 0 Å². The number of methoxy groups -OCH3 is 1. The highest BCUT2D eigenvalue weighted by Crippen LogP contribution is 2.27. The van der Waals surface area contributed by atoms with Gasteiger partial charge in [-0.25, -0.2) is 9.40 Å². The fraction of sp³-hybridized carbons (Fsp3) is 0.200. The van der Waals surface area contributed by atoms with Crippen LogP contribution in [-0.4, -0.2) is 42.1 Å². The van der Waals surface area contributed by atoms with Crippen molar-refractivity contribution in [2.24, 2.45) is 5.10 Å². The van der Waals surface area contributed by atoms with Crippen LogP contribution in [0.5, 0.6) is 5.75 Å². The highest BCUT2D eigenvalue weighted by atomic mass is 35.5. The van der Waals surface area contributed by atoms with Crippen LogP contribution in [0.25, 0.3) is 0 Å². The Labute approximate surface area is 176 Å². The van der Waals surface area contributed by atoms with Gasteiger partial charge in [0, 0.05) is 24.2 Å². The predicted molar refractivity (Wildman–Crippen MR) is 110 cm³/mol. The maximum absolute atomic E-state index is 13.0. The molecule has 8 nitrogen and oxygen atoms in total. The molecule has 0 fully saturated rings. The number of benzene rings is 2. The molecule has 0 atom stereocenters. The fourth-order valence-corrected chi connectivity index (χ4v) is 2.96. The minimum Gasteiger partial charge on any atom is -0.495 e. The van der Waals surface area contributed by atoms with Gasteiger partial charge in [-0.3, -0.25) is 14.4 Å². The Kier molecular flexibility index (Phi) is 6.63. The van der Waals surface area contributed by atoms with Crippen LogP contribution >= 0.6 is 11.6 Å². The summed E-state index contributed by atoms with van der Waals surface area (Å²) in [6.07, 6.45) is 0.176. The number of hydrogen-bond donors (Lipinski definition) is 2. The Hall–Kier alpha value is -3.46. The van der Waals surface area contributed by atoms with E-state index in [0.29, 0.717) is 22.1 Å². The predicted octanol–water partition coefficient (Wildman–Crippen LogP) is 3.04. The monoisotopic (exact) mass is 432 g/mol. The molecule has 2 aromatic rings. The van der Waals surface area contributed by atoms with E-state index in [2.05, 4.69) is 15.7 Å². The first-order chi connectivity index (χ1) is 14.4. The van der Waals surface area contributed by atoms with Crippen LogP contribution in [0.4, 0.5) is 15.8 Å². The maximum Gasteiger partial charge on any atom is 0.271 e. The average molecular weight is 433 g/mol. The summed E-state index contributed by atoms with van der Waals surface area (Å²) in [5, 5.41) is 10.5. The van der Waals surface area contributed by atoms with Gasteiger partial charge in [0.05, 0.1) is 12.1 Å². The number of halogens is 2. The second-order valence-corrected chi connectivity index (χ2v) is 6.76. The number of amides is 3. The molecule has 1 aliphatic rings. The fourth-order valence-electron chi connectivity index (χ4n) is 2.71. The number of hydrogen-bond acceptors (Lipinski definition) is 5. The molecular formula is C20H18ClFN4O4. The van der Waals surface area contributed by atoms with Crippen molar-refractivity contribution < 1.29 is 23.5 Å². The lowest BCUT2D eigenvalue weighted by Gasteiger charge is -2.22. The zero-order valence-electron chi connectivity index (χ0n) is 15.9. The lowest BCUT2D eigenvalue weighted by molar-refractivity contribution is -0.135. The normalized spacial score (nSPS) is 13.5. The molecule has 1 aliphatic heterocycles. The molecule has 0 bridgehead atoms.